The van der Waals surface area contributed by atoms with Crippen molar-refractivity contribution in [2.75, 3.05) is 0 Å². The van der Waals surface area contributed by atoms with Gasteiger partial charge in [-0.05, 0) is 17.5 Å². The van der Waals surface area contributed by atoms with Crippen LogP contribution >= 0.6 is 0 Å². The molecular weight excluding hydrogens is 226 g/mol. The van der Waals surface area contributed by atoms with Crippen LogP contribution in [0.2, 0.25) is 0 Å². The Morgan fingerprint density at radius 2 is 1.56 bits per heavy atom. The smallest absolute Gasteiger partial charge is 0.404 e. The van der Waals surface area contributed by atoms with Gasteiger partial charge in [0.15, 0.2) is 0 Å². The van der Waals surface area contributed by atoms with E-state index in [1.165, 1.54) is 24.8 Å². The third-order valence-corrected chi connectivity index (χ3v) is 2.23. The number of rotatable bonds is 3. The topological polar surface area (TPSA) is 49.3 Å². The molecule has 1 amide bonds. The maximum atomic E-state index is 10.2. The van der Waals surface area contributed by atoms with E-state index < -0.39 is 6.09 Å². The van der Waals surface area contributed by atoms with Crippen molar-refractivity contribution in [2.24, 2.45) is 0 Å². The summed E-state index contributed by atoms with van der Waals surface area (Å²) >= 11 is 0. The average Bonchev–Trinajstić information content (AvgIpc) is 3.27. The summed E-state index contributed by atoms with van der Waals surface area (Å²) in [6.45, 7) is 6.46. The van der Waals surface area contributed by atoms with E-state index in [0.717, 1.165) is 12.0 Å². The summed E-state index contributed by atoms with van der Waals surface area (Å²) in [4.78, 5) is 10.2. The summed E-state index contributed by atoms with van der Waals surface area (Å²) in [7, 11) is 0. The van der Waals surface area contributed by atoms with Crippen LogP contribution < -0.4 is 5.32 Å². The maximum Gasteiger partial charge on any atom is 0.404 e. The quantitative estimate of drug-likeness (QED) is 0.845. The molecule has 0 atom stereocenters. The van der Waals surface area contributed by atoms with Gasteiger partial charge in [-0.25, -0.2) is 4.79 Å². The summed E-state index contributed by atoms with van der Waals surface area (Å²) in [5, 5.41) is 10.7. The van der Waals surface area contributed by atoms with Gasteiger partial charge in [0.2, 0.25) is 0 Å². The molecule has 1 saturated carbocycles. The zero-order valence-corrected chi connectivity index (χ0v) is 11.7. The van der Waals surface area contributed by atoms with Gasteiger partial charge in [-0.1, -0.05) is 64.3 Å². The van der Waals surface area contributed by atoms with Crippen LogP contribution in [0.5, 0.6) is 0 Å². The molecule has 0 saturated heterocycles. The molecule has 1 aromatic rings. The predicted molar refractivity (Wildman–Crippen MR) is 75.9 cm³/mol. The summed E-state index contributed by atoms with van der Waals surface area (Å²) in [5.74, 6) is 0. The predicted octanol–water partition coefficient (Wildman–Crippen LogP) is 4.21. The van der Waals surface area contributed by atoms with Gasteiger partial charge in [0.25, 0.3) is 0 Å². The lowest BCUT2D eigenvalue weighted by Gasteiger charge is -2.02. The van der Waals surface area contributed by atoms with Gasteiger partial charge in [-0.3, -0.25) is 0 Å². The first kappa shape index (κ1) is 16.5. The van der Waals surface area contributed by atoms with Gasteiger partial charge >= 0.3 is 6.09 Å². The van der Waals surface area contributed by atoms with Crippen LogP contribution in [0, 0.1) is 0 Å². The van der Waals surface area contributed by atoms with Crippen LogP contribution in [0.3, 0.4) is 0 Å². The second-order valence-electron chi connectivity index (χ2n) is 3.89. The molecular formula is C15H25NO2. The Bertz CT molecular complexity index is 315. The molecule has 0 bridgehead atoms. The molecule has 0 aromatic heterocycles. The number of benzene rings is 1. The second-order valence-corrected chi connectivity index (χ2v) is 3.89. The number of hydrogen-bond acceptors (Lipinski definition) is 1. The zero-order chi connectivity index (χ0) is 13.8. The minimum absolute atomic E-state index is 0.374. The van der Waals surface area contributed by atoms with E-state index >= 15 is 0 Å². The maximum absolute atomic E-state index is 10.2. The molecule has 102 valence electrons. The molecule has 1 aliphatic carbocycles. The SMILES string of the molecule is C1CC1.CC.CCc1ccc(CNC(=O)O)cc1. The van der Waals surface area contributed by atoms with Crippen molar-refractivity contribution in [3.05, 3.63) is 35.4 Å². The molecule has 1 aromatic carbocycles. The molecule has 3 nitrogen and oxygen atoms in total. The fourth-order valence-corrected chi connectivity index (χ4v) is 1.07. The first-order chi connectivity index (χ1) is 8.72. The van der Waals surface area contributed by atoms with Crippen LogP contribution in [0.1, 0.15) is 51.2 Å². The number of nitrogens with one attached hydrogen (secondary N) is 1. The van der Waals surface area contributed by atoms with Gasteiger partial charge in [0, 0.05) is 6.54 Å². The van der Waals surface area contributed by atoms with Gasteiger partial charge in [-0.2, -0.15) is 0 Å². The van der Waals surface area contributed by atoms with Crippen molar-refractivity contribution in [1.29, 1.82) is 0 Å². The minimum atomic E-state index is -0.987. The largest absolute Gasteiger partial charge is 0.465 e. The molecule has 2 rings (SSSR count). The fourth-order valence-electron chi connectivity index (χ4n) is 1.07. The van der Waals surface area contributed by atoms with Crippen molar-refractivity contribution >= 4 is 6.09 Å². The standard InChI is InChI=1S/C10H13NO2.C3H6.C2H6/c1-2-8-3-5-9(6-4-8)7-11-10(12)13;1-2-3-1;1-2/h3-6,11H,2,7H2,1H3,(H,12,13);1-3H2;1-2H3. The van der Waals surface area contributed by atoms with Crippen LogP contribution in [0.15, 0.2) is 24.3 Å². The third kappa shape index (κ3) is 9.70. The van der Waals surface area contributed by atoms with Crippen LogP contribution in [0.25, 0.3) is 0 Å². The highest BCUT2D eigenvalue weighted by atomic mass is 16.4. The first-order valence-corrected chi connectivity index (χ1v) is 6.77. The lowest BCUT2D eigenvalue weighted by molar-refractivity contribution is 0.194. The van der Waals surface area contributed by atoms with Crippen LogP contribution in [0.4, 0.5) is 4.79 Å². The Hall–Kier alpha value is -1.51. The van der Waals surface area contributed by atoms with Crippen molar-refractivity contribution in [1.82, 2.24) is 5.32 Å². The molecule has 2 N–H and O–H groups in total. The minimum Gasteiger partial charge on any atom is -0.465 e. The van der Waals surface area contributed by atoms with Crippen LogP contribution in [-0.2, 0) is 13.0 Å². The lowest BCUT2D eigenvalue weighted by Crippen LogP contribution is -2.19. The second kappa shape index (κ2) is 10.6. The van der Waals surface area contributed by atoms with Gasteiger partial charge in [0.05, 0.1) is 0 Å². The van der Waals surface area contributed by atoms with E-state index in [0.29, 0.717) is 6.54 Å². The molecule has 1 fully saturated rings. The van der Waals surface area contributed by atoms with Crippen molar-refractivity contribution in [2.45, 2.75) is 53.0 Å². The number of carboxylic acid groups (broad SMARTS) is 1. The molecule has 0 aliphatic heterocycles. The highest BCUT2D eigenvalue weighted by Crippen LogP contribution is 2.14. The Labute approximate surface area is 110 Å². The molecule has 0 unspecified atom stereocenters. The zero-order valence-electron chi connectivity index (χ0n) is 11.7. The van der Waals surface area contributed by atoms with E-state index in [1.54, 1.807) is 0 Å². The van der Waals surface area contributed by atoms with E-state index in [4.69, 9.17) is 5.11 Å². The Balaban J connectivity index is 0.000000487. The van der Waals surface area contributed by atoms with E-state index in [-0.39, 0.29) is 0 Å². The number of amides is 1. The van der Waals surface area contributed by atoms with Crippen molar-refractivity contribution < 1.29 is 9.90 Å². The summed E-state index contributed by atoms with van der Waals surface area (Å²) in [6, 6.07) is 7.90. The Morgan fingerprint density at radius 3 is 1.89 bits per heavy atom. The highest BCUT2D eigenvalue weighted by molar-refractivity contribution is 5.64. The Morgan fingerprint density at radius 1 is 1.11 bits per heavy atom. The molecule has 3 heteroatoms. The molecule has 1 aliphatic rings. The van der Waals surface area contributed by atoms with E-state index in [1.807, 2.05) is 38.1 Å². The summed E-state index contributed by atoms with van der Waals surface area (Å²) < 4.78 is 0. The van der Waals surface area contributed by atoms with E-state index in [9.17, 15) is 4.79 Å². The normalized spacial score (nSPS) is 11.3. The summed E-state index contributed by atoms with van der Waals surface area (Å²) in [6.07, 6.45) is 4.52. The average molecular weight is 251 g/mol. The third-order valence-electron chi connectivity index (χ3n) is 2.23. The monoisotopic (exact) mass is 251 g/mol. The van der Waals surface area contributed by atoms with Gasteiger partial charge < -0.3 is 10.4 Å². The van der Waals surface area contributed by atoms with Gasteiger partial charge in [-0.15, -0.1) is 0 Å². The first-order valence-electron chi connectivity index (χ1n) is 6.77. The molecule has 18 heavy (non-hydrogen) atoms. The van der Waals surface area contributed by atoms with Gasteiger partial charge in [0.1, 0.15) is 0 Å². The summed E-state index contributed by atoms with van der Waals surface area (Å²) in [5.41, 5.74) is 2.25. The van der Waals surface area contributed by atoms with E-state index in [2.05, 4.69) is 12.2 Å². The Kier molecular flexibility index (Phi) is 9.74. The van der Waals surface area contributed by atoms with Crippen molar-refractivity contribution in [3.8, 4) is 0 Å². The molecule has 0 spiro atoms. The highest BCUT2D eigenvalue weighted by Gasteiger charge is 1.96. The number of carbonyl (C=O) groups is 1. The number of hydrogen-bond donors (Lipinski definition) is 2. The number of aryl methyl sites for hydroxylation is 1. The molecule has 0 heterocycles. The lowest BCUT2D eigenvalue weighted by atomic mass is 10.1. The van der Waals surface area contributed by atoms with Crippen LogP contribution in [-0.4, -0.2) is 11.2 Å². The fraction of sp³-hybridized carbons (Fsp3) is 0.533. The van der Waals surface area contributed by atoms with Crippen molar-refractivity contribution in [3.63, 3.8) is 0 Å². The molecule has 0 radical (unpaired) electrons.